The molecular weight excluding hydrogens is 262 g/mol. The number of hydrogen-bond donors (Lipinski definition) is 0. The molecule has 0 saturated carbocycles. The first-order valence-electron chi connectivity index (χ1n) is 5.87. The van der Waals surface area contributed by atoms with Crippen LogP contribution in [0.3, 0.4) is 0 Å². The average molecular weight is 284 g/mol. The number of hydrogen-bond acceptors (Lipinski definition) is 1. The van der Waals surface area contributed by atoms with Gasteiger partial charge in [0.1, 0.15) is 0 Å². The predicted molar refractivity (Wildman–Crippen MR) is 75.3 cm³/mol. The van der Waals surface area contributed by atoms with E-state index < -0.39 is 0 Å². The van der Waals surface area contributed by atoms with Gasteiger partial charge in [-0.15, -0.1) is 0 Å². The third-order valence-electron chi connectivity index (χ3n) is 2.64. The monoisotopic (exact) mass is 283 g/mol. The second-order valence-corrected chi connectivity index (χ2v) is 6.37. The molecule has 0 aliphatic heterocycles. The lowest BCUT2D eigenvalue weighted by Crippen LogP contribution is -2.20. The Bertz CT molecular complexity index is 313. The molecule has 0 spiro atoms. The van der Waals surface area contributed by atoms with E-state index in [0.29, 0.717) is 4.83 Å². The molecule has 0 N–H and O–H groups in total. The second-order valence-electron chi connectivity index (χ2n) is 4.80. The van der Waals surface area contributed by atoms with Gasteiger partial charge in [0.2, 0.25) is 0 Å². The molecule has 0 aliphatic carbocycles. The van der Waals surface area contributed by atoms with Crippen molar-refractivity contribution in [1.82, 2.24) is 4.90 Å². The zero-order valence-electron chi connectivity index (χ0n) is 10.8. The number of aryl methyl sites for hydroxylation is 2. The average Bonchev–Trinajstić information content (AvgIpc) is 2.12. The molecule has 0 aliphatic rings. The van der Waals surface area contributed by atoms with Crippen LogP contribution in [0.15, 0.2) is 18.2 Å². The Hall–Kier alpha value is -0.340. The number of benzene rings is 1. The van der Waals surface area contributed by atoms with Crippen LogP contribution in [0.2, 0.25) is 0 Å². The Balaban J connectivity index is 2.52. The van der Waals surface area contributed by atoms with Gasteiger partial charge in [0.15, 0.2) is 0 Å². The molecule has 1 aromatic rings. The first-order chi connectivity index (χ1) is 7.47. The van der Waals surface area contributed by atoms with Crippen molar-refractivity contribution in [3.05, 3.63) is 34.9 Å². The number of halogens is 1. The minimum Gasteiger partial charge on any atom is -0.302 e. The summed E-state index contributed by atoms with van der Waals surface area (Å²) in [7, 11) is 2.19. The molecule has 0 bridgehead atoms. The lowest BCUT2D eigenvalue weighted by atomic mass is 10.1. The van der Waals surface area contributed by atoms with Crippen LogP contribution >= 0.6 is 15.9 Å². The molecule has 0 amide bonds. The molecule has 0 radical (unpaired) electrons. The van der Waals surface area contributed by atoms with E-state index in [1.807, 2.05) is 0 Å². The van der Waals surface area contributed by atoms with E-state index >= 15 is 0 Å². The Morgan fingerprint density at radius 2 is 1.75 bits per heavy atom. The smallest absolute Gasteiger partial charge is 0.0230 e. The third kappa shape index (κ3) is 5.13. The highest BCUT2D eigenvalue weighted by Gasteiger charge is 2.03. The van der Waals surface area contributed by atoms with Crippen molar-refractivity contribution in [2.75, 3.05) is 13.6 Å². The maximum atomic E-state index is 3.58. The summed E-state index contributed by atoms with van der Waals surface area (Å²) in [5.74, 6) is 0. The molecule has 0 heterocycles. The lowest BCUT2D eigenvalue weighted by Gasteiger charge is -2.18. The van der Waals surface area contributed by atoms with Gasteiger partial charge in [-0.3, -0.25) is 0 Å². The minimum absolute atomic E-state index is 0.606. The fourth-order valence-electron chi connectivity index (χ4n) is 1.95. The number of nitrogens with zero attached hydrogens (tertiary/aromatic N) is 1. The molecular formula is C14H22BrN. The largest absolute Gasteiger partial charge is 0.302 e. The van der Waals surface area contributed by atoms with Gasteiger partial charge in [-0.25, -0.2) is 0 Å². The normalized spacial score (nSPS) is 13.1. The van der Waals surface area contributed by atoms with E-state index in [4.69, 9.17) is 0 Å². The SMILES string of the molecule is Cc1cc(C)cc(CN(C)CCC(C)Br)c1. The molecule has 90 valence electrons. The van der Waals surface area contributed by atoms with Crippen molar-refractivity contribution < 1.29 is 0 Å². The molecule has 16 heavy (non-hydrogen) atoms. The summed E-state index contributed by atoms with van der Waals surface area (Å²) in [6, 6.07) is 6.78. The maximum absolute atomic E-state index is 3.58. The van der Waals surface area contributed by atoms with E-state index in [1.165, 1.54) is 23.1 Å². The van der Waals surface area contributed by atoms with Gasteiger partial charge in [0.25, 0.3) is 0 Å². The lowest BCUT2D eigenvalue weighted by molar-refractivity contribution is 0.323. The third-order valence-corrected chi connectivity index (χ3v) is 3.10. The van der Waals surface area contributed by atoms with Crippen LogP contribution in [0.5, 0.6) is 0 Å². The molecule has 1 atom stereocenters. The summed E-state index contributed by atoms with van der Waals surface area (Å²) in [5.41, 5.74) is 4.14. The molecule has 0 fully saturated rings. The summed E-state index contributed by atoms with van der Waals surface area (Å²) < 4.78 is 0. The Labute approximate surface area is 108 Å². The zero-order chi connectivity index (χ0) is 12.1. The van der Waals surface area contributed by atoms with Crippen LogP contribution in [0.25, 0.3) is 0 Å². The molecule has 1 unspecified atom stereocenters. The number of alkyl halides is 1. The molecule has 1 aromatic carbocycles. The van der Waals surface area contributed by atoms with Crippen LogP contribution in [0.1, 0.15) is 30.0 Å². The fraction of sp³-hybridized carbons (Fsp3) is 0.571. The minimum atomic E-state index is 0.606. The summed E-state index contributed by atoms with van der Waals surface area (Å²) in [4.78, 5) is 2.99. The van der Waals surface area contributed by atoms with Crippen LogP contribution in [0, 0.1) is 13.8 Å². The van der Waals surface area contributed by atoms with Gasteiger partial charge in [-0.05, 0) is 39.4 Å². The summed E-state index contributed by atoms with van der Waals surface area (Å²) >= 11 is 3.58. The quantitative estimate of drug-likeness (QED) is 0.741. The summed E-state index contributed by atoms with van der Waals surface area (Å²) in [6.07, 6.45) is 1.20. The standard InChI is InChI=1S/C14H22BrN/c1-11-7-12(2)9-14(8-11)10-16(4)6-5-13(3)15/h7-9,13H,5-6,10H2,1-4H3. The highest BCUT2D eigenvalue weighted by molar-refractivity contribution is 9.09. The molecule has 0 saturated heterocycles. The van der Waals surface area contributed by atoms with Gasteiger partial charge in [0.05, 0.1) is 0 Å². The fourth-order valence-corrected chi connectivity index (χ4v) is 2.15. The number of rotatable bonds is 5. The Morgan fingerprint density at radius 3 is 2.25 bits per heavy atom. The molecule has 2 heteroatoms. The maximum Gasteiger partial charge on any atom is 0.0230 e. The summed E-state index contributed by atoms with van der Waals surface area (Å²) in [5, 5.41) is 0. The van der Waals surface area contributed by atoms with Gasteiger partial charge in [0, 0.05) is 11.4 Å². The van der Waals surface area contributed by atoms with Crippen LogP contribution in [-0.4, -0.2) is 23.3 Å². The summed E-state index contributed by atoms with van der Waals surface area (Å²) in [6.45, 7) is 8.71. The van der Waals surface area contributed by atoms with Crippen LogP contribution in [-0.2, 0) is 6.54 Å². The second kappa shape index (κ2) is 6.41. The zero-order valence-corrected chi connectivity index (χ0v) is 12.3. The van der Waals surface area contributed by atoms with E-state index in [2.05, 4.69) is 66.8 Å². The van der Waals surface area contributed by atoms with E-state index in [9.17, 15) is 0 Å². The van der Waals surface area contributed by atoms with Crippen LogP contribution in [0.4, 0.5) is 0 Å². The predicted octanol–water partition coefficient (Wildman–Crippen LogP) is 3.91. The van der Waals surface area contributed by atoms with Crippen molar-refractivity contribution in [2.24, 2.45) is 0 Å². The highest BCUT2D eigenvalue weighted by Crippen LogP contribution is 2.12. The van der Waals surface area contributed by atoms with E-state index in [-0.39, 0.29) is 0 Å². The van der Waals surface area contributed by atoms with Crippen molar-refractivity contribution >= 4 is 15.9 Å². The van der Waals surface area contributed by atoms with Gasteiger partial charge in [-0.1, -0.05) is 52.2 Å². The van der Waals surface area contributed by atoms with Crippen molar-refractivity contribution in [2.45, 2.75) is 38.6 Å². The Kier molecular flexibility index (Phi) is 5.50. The first kappa shape index (κ1) is 13.7. The molecule has 1 nitrogen and oxygen atoms in total. The first-order valence-corrected chi connectivity index (χ1v) is 6.78. The molecule has 0 aromatic heterocycles. The highest BCUT2D eigenvalue weighted by atomic mass is 79.9. The van der Waals surface area contributed by atoms with Crippen molar-refractivity contribution in [3.63, 3.8) is 0 Å². The van der Waals surface area contributed by atoms with Crippen LogP contribution < -0.4 is 0 Å². The van der Waals surface area contributed by atoms with Gasteiger partial charge in [-0.2, -0.15) is 0 Å². The topological polar surface area (TPSA) is 3.24 Å². The van der Waals surface area contributed by atoms with Gasteiger partial charge < -0.3 is 4.90 Å². The Morgan fingerprint density at radius 1 is 1.19 bits per heavy atom. The van der Waals surface area contributed by atoms with Crippen molar-refractivity contribution in [3.8, 4) is 0 Å². The van der Waals surface area contributed by atoms with Crippen molar-refractivity contribution in [1.29, 1.82) is 0 Å². The van der Waals surface area contributed by atoms with E-state index in [1.54, 1.807) is 0 Å². The van der Waals surface area contributed by atoms with E-state index in [0.717, 1.165) is 13.1 Å². The molecule has 1 rings (SSSR count). The van der Waals surface area contributed by atoms with Gasteiger partial charge >= 0.3 is 0 Å².